The van der Waals surface area contributed by atoms with Crippen molar-refractivity contribution in [1.29, 1.82) is 0 Å². The van der Waals surface area contributed by atoms with Gasteiger partial charge in [0, 0.05) is 13.0 Å². The van der Waals surface area contributed by atoms with Crippen LogP contribution in [0, 0.1) is 12.3 Å². The van der Waals surface area contributed by atoms with E-state index in [4.69, 9.17) is 12.2 Å². The van der Waals surface area contributed by atoms with Gasteiger partial charge in [-0.25, -0.2) is 0 Å². The minimum atomic E-state index is -0.719. The molecule has 1 fully saturated rings. The van der Waals surface area contributed by atoms with Gasteiger partial charge in [0.15, 0.2) is 0 Å². The summed E-state index contributed by atoms with van der Waals surface area (Å²) in [5.74, 6) is 2.16. The maximum Gasteiger partial charge on any atom is 0.243 e. The number of nitrogens with zero attached hydrogens (tertiary/aromatic N) is 1. The van der Waals surface area contributed by atoms with E-state index in [-0.39, 0.29) is 24.3 Å². The van der Waals surface area contributed by atoms with Crippen LogP contribution in [-0.4, -0.2) is 41.4 Å². The molecule has 0 bridgehead atoms. The Morgan fingerprint density at radius 3 is 3.00 bits per heavy atom. The van der Waals surface area contributed by atoms with Crippen molar-refractivity contribution in [2.75, 3.05) is 6.54 Å². The number of allylic oxidation sites excluding steroid dienone is 2. The quantitative estimate of drug-likeness (QED) is 0.764. The SMILES string of the molecule is C#CC[C@H](N)C(=O)N1CCC[C@H]1C(=O)NC1CCCC2=C1C=CCC2. The van der Waals surface area contributed by atoms with E-state index in [0.29, 0.717) is 13.0 Å². The molecule has 0 radical (unpaired) electrons. The number of carbonyl (C=O) groups is 2. The van der Waals surface area contributed by atoms with Crippen LogP contribution in [0.1, 0.15) is 51.4 Å². The Hall–Kier alpha value is -2.06. The predicted molar refractivity (Wildman–Crippen MR) is 97.3 cm³/mol. The summed E-state index contributed by atoms with van der Waals surface area (Å²) >= 11 is 0. The second-order valence-electron chi connectivity index (χ2n) is 7.16. The minimum Gasteiger partial charge on any atom is -0.348 e. The van der Waals surface area contributed by atoms with Crippen LogP contribution in [-0.2, 0) is 9.59 Å². The van der Waals surface area contributed by atoms with Gasteiger partial charge < -0.3 is 16.0 Å². The number of carbonyl (C=O) groups excluding carboxylic acids is 2. The second-order valence-corrected chi connectivity index (χ2v) is 7.16. The summed E-state index contributed by atoms with van der Waals surface area (Å²) < 4.78 is 0. The molecule has 1 heterocycles. The number of hydrogen-bond donors (Lipinski definition) is 2. The lowest BCUT2D eigenvalue weighted by Gasteiger charge is -2.32. The minimum absolute atomic E-state index is 0.0588. The third-order valence-corrected chi connectivity index (χ3v) is 5.48. The highest BCUT2D eigenvalue weighted by Gasteiger charge is 2.37. The van der Waals surface area contributed by atoms with E-state index in [9.17, 15) is 9.59 Å². The van der Waals surface area contributed by atoms with Crippen LogP contribution in [0.25, 0.3) is 0 Å². The highest BCUT2D eigenvalue weighted by molar-refractivity contribution is 5.90. The molecule has 0 aromatic rings. The van der Waals surface area contributed by atoms with Crippen molar-refractivity contribution < 1.29 is 9.59 Å². The molecule has 5 nitrogen and oxygen atoms in total. The lowest BCUT2D eigenvalue weighted by Crippen LogP contribution is -2.53. The largest absolute Gasteiger partial charge is 0.348 e. The zero-order valence-electron chi connectivity index (χ0n) is 14.7. The van der Waals surface area contributed by atoms with Crippen LogP contribution < -0.4 is 11.1 Å². The normalized spacial score (nSPS) is 26.8. The van der Waals surface area contributed by atoms with Crippen LogP contribution >= 0.6 is 0 Å². The molecule has 2 amide bonds. The fraction of sp³-hybridized carbons (Fsp3) is 0.600. The molecule has 1 aliphatic heterocycles. The van der Waals surface area contributed by atoms with Crippen molar-refractivity contribution in [2.45, 2.75) is 69.5 Å². The first kappa shape index (κ1) is 17.8. The van der Waals surface area contributed by atoms with Gasteiger partial charge in [0.25, 0.3) is 0 Å². The summed E-state index contributed by atoms with van der Waals surface area (Å²) in [7, 11) is 0. The van der Waals surface area contributed by atoms with Gasteiger partial charge in [0.1, 0.15) is 6.04 Å². The van der Waals surface area contributed by atoms with Gasteiger partial charge in [0.05, 0.1) is 12.1 Å². The maximum atomic E-state index is 12.9. The number of amides is 2. The molecular formula is C20H27N3O2. The zero-order chi connectivity index (χ0) is 17.8. The van der Waals surface area contributed by atoms with Crippen molar-refractivity contribution in [2.24, 2.45) is 5.73 Å². The highest BCUT2D eigenvalue weighted by Crippen LogP contribution is 2.32. The Morgan fingerprint density at radius 2 is 2.20 bits per heavy atom. The van der Waals surface area contributed by atoms with Crippen molar-refractivity contribution >= 4 is 11.8 Å². The fourth-order valence-electron chi connectivity index (χ4n) is 4.19. The molecule has 1 unspecified atom stereocenters. The second kappa shape index (κ2) is 7.88. The zero-order valence-corrected chi connectivity index (χ0v) is 14.7. The van der Waals surface area contributed by atoms with Crippen molar-refractivity contribution in [3.05, 3.63) is 23.3 Å². The molecule has 25 heavy (non-hydrogen) atoms. The summed E-state index contributed by atoms with van der Waals surface area (Å²) in [6.07, 6.45) is 16.7. The van der Waals surface area contributed by atoms with E-state index in [1.165, 1.54) is 11.1 Å². The average molecular weight is 341 g/mol. The number of nitrogens with one attached hydrogen (secondary N) is 1. The van der Waals surface area contributed by atoms with Crippen molar-refractivity contribution in [1.82, 2.24) is 10.2 Å². The van der Waals surface area contributed by atoms with E-state index in [2.05, 4.69) is 23.4 Å². The first-order chi connectivity index (χ1) is 12.1. The standard InChI is InChI=1S/C20H27N3O2/c1-2-7-16(21)20(25)23-13-6-12-18(23)19(24)22-17-11-5-9-14-8-3-4-10-15(14)17/h1,4,10,16-18H,3,5-9,11-13,21H2,(H,22,24)/t16-,17?,18-/m0/s1. The number of likely N-dealkylation sites (tertiary alicyclic amines) is 1. The summed E-state index contributed by atoms with van der Waals surface area (Å²) in [4.78, 5) is 26.9. The van der Waals surface area contributed by atoms with E-state index in [0.717, 1.165) is 38.5 Å². The first-order valence-corrected chi connectivity index (χ1v) is 9.30. The van der Waals surface area contributed by atoms with E-state index < -0.39 is 12.1 Å². The Morgan fingerprint density at radius 1 is 1.36 bits per heavy atom. The lowest BCUT2D eigenvalue weighted by atomic mass is 9.82. The van der Waals surface area contributed by atoms with E-state index >= 15 is 0 Å². The maximum absolute atomic E-state index is 12.9. The summed E-state index contributed by atoms with van der Waals surface area (Å²) in [6.45, 7) is 0.577. The van der Waals surface area contributed by atoms with E-state index in [1.54, 1.807) is 4.90 Å². The smallest absolute Gasteiger partial charge is 0.243 e. The van der Waals surface area contributed by atoms with Crippen LogP contribution in [0.4, 0.5) is 0 Å². The van der Waals surface area contributed by atoms with Gasteiger partial charge in [-0.1, -0.05) is 17.7 Å². The molecule has 0 saturated carbocycles. The molecule has 2 aliphatic carbocycles. The summed E-state index contributed by atoms with van der Waals surface area (Å²) in [6, 6.07) is -1.07. The van der Waals surface area contributed by atoms with Gasteiger partial charge in [-0.3, -0.25) is 9.59 Å². The summed E-state index contributed by atoms with van der Waals surface area (Å²) in [5, 5.41) is 3.19. The van der Waals surface area contributed by atoms with Crippen LogP contribution in [0.5, 0.6) is 0 Å². The first-order valence-electron chi connectivity index (χ1n) is 9.30. The molecule has 5 heteroatoms. The molecule has 0 spiro atoms. The van der Waals surface area contributed by atoms with Gasteiger partial charge in [-0.05, 0) is 50.5 Å². The van der Waals surface area contributed by atoms with Crippen LogP contribution in [0.15, 0.2) is 23.3 Å². The van der Waals surface area contributed by atoms with Gasteiger partial charge in [0.2, 0.25) is 11.8 Å². The molecule has 134 valence electrons. The number of rotatable bonds is 4. The monoisotopic (exact) mass is 341 g/mol. The molecule has 1 saturated heterocycles. The van der Waals surface area contributed by atoms with Gasteiger partial charge in [-0.2, -0.15) is 0 Å². The number of nitrogens with two attached hydrogens (primary N) is 1. The Labute approximate surface area is 149 Å². The third kappa shape index (κ3) is 3.80. The van der Waals surface area contributed by atoms with Crippen LogP contribution in [0.2, 0.25) is 0 Å². The predicted octanol–water partition coefficient (Wildman–Crippen LogP) is 1.64. The molecular weight excluding hydrogens is 314 g/mol. The fourth-order valence-corrected chi connectivity index (χ4v) is 4.19. The van der Waals surface area contributed by atoms with Crippen molar-refractivity contribution in [3.8, 4) is 12.3 Å². The molecule has 3 aliphatic rings. The Balaban J connectivity index is 1.67. The van der Waals surface area contributed by atoms with Crippen molar-refractivity contribution in [3.63, 3.8) is 0 Å². The van der Waals surface area contributed by atoms with Gasteiger partial charge in [-0.15, -0.1) is 12.3 Å². The van der Waals surface area contributed by atoms with E-state index in [1.807, 2.05) is 0 Å². The van der Waals surface area contributed by atoms with Gasteiger partial charge >= 0.3 is 0 Å². The Kier molecular flexibility index (Phi) is 5.60. The average Bonchev–Trinajstić information content (AvgIpc) is 3.11. The third-order valence-electron chi connectivity index (χ3n) is 5.48. The Bertz CT molecular complexity index is 644. The number of hydrogen-bond acceptors (Lipinski definition) is 3. The summed E-state index contributed by atoms with van der Waals surface area (Å²) in [5.41, 5.74) is 8.62. The molecule has 0 aromatic carbocycles. The lowest BCUT2D eigenvalue weighted by molar-refractivity contribution is -0.139. The topological polar surface area (TPSA) is 75.4 Å². The molecule has 3 rings (SSSR count). The highest BCUT2D eigenvalue weighted by atomic mass is 16.2. The van der Waals surface area contributed by atoms with Crippen LogP contribution in [0.3, 0.4) is 0 Å². The molecule has 0 aromatic heterocycles. The molecule has 3 N–H and O–H groups in total. The molecule has 3 atom stereocenters. The number of terminal acetylenes is 1.